The lowest BCUT2D eigenvalue weighted by molar-refractivity contribution is 0.0788. The molecule has 0 aliphatic rings. The van der Waals surface area contributed by atoms with E-state index >= 15 is 0 Å². The van der Waals surface area contributed by atoms with Gasteiger partial charge in [0.25, 0.3) is 11.5 Å². The average Bonchev–Trinajstić information content (AvgIpc) is 3.21. The zero-order valence-corrected chi connectivity index (χ0v) is 17.6. The number of methoxy groups -OCH3 is 1. The van der Waals surface area contributed by atoms with Crippen molar-refractivity contribution in [3.63, 3.8) is 0 Å². The summed E-state index contributed by atoms with van der Waals surface area (Å²) >= 11 is 0. The third-order valence-electron chi connectivity index (χ3n) is 5.27. The second-order valence-corrected chi connectivity index (χ2v) is 7.26. The molecular formula is C23H23N5O3. The molecular weight excluding hydrogens is 394 g/mol. The summed E-state index contributed by atoms with van der Waals surface area (Å²) in [5.74, 6) is 0.134. The van der Waals surface area contributed by atoms with Gasteiger partial charge in [-0.2, -0.15) is 0 Å². The summed E-state index contributed by atoms with van der Waals surface area (Å²) < 4.78 is 8.49. The minimum Gasteiger partial charge on any atom is -0.481 e. The Labute approximate surface area is 179 Å². The number of carbonyl (C=O) groups excluding carboxylic acids is 1. The van der Waals surface area contributed by atoms with Crippen molar-refractivity contribution < 1.29 is 9.53 Å². The second-order valence-electron chi connectivity index (χ2n) is 7.26. The Morgan fingerprint density at radius 1 is 1.13 bits per heavy atom. The van der Waals surface area contributed by atoms with E-state index in [4.69, 9.17) is 4.74 Å². The lowest BCUT2D eigenvalue weighted by Gasteiger charge is -2.19. The molecule has 0 fully saturated rings. The minimum absolute atomic E-state index is 0.149. The lowest BCUT2D eigenvalue weighted by Crippen LogP contribution is -2.36. The van der Waals surface area contributed by atoms with Gasteiger partial charge in [0.2, 0.25) is 5.88 Å². The van der Waals surface area contributed by atoms with Gasteiger partial charge in [-0.05, 0) is 36.8 Å². The van der Waals surface area contributed by atoms with Crippen molar-refractivity contribution >= 4 is 16.9 Å². The van der Waals surface area contributed by atoms with Crippen molar-refractivity contribution in [2.75, 3.05) is 20.7 Å². The van der Waals surface area contributed by atoms with Crippen LogP contribution in [0.4, 0.5) is 0 Å². The number of amides is 1. The Morgan fingerprint density at radius 3 is 2.68 bits per heavy atom. The summed E-state index contributed by atoms with van der Waals surface area (Å²) in [5.41, 5.74) is 2.88. The third-order valence-corrected chi connectivity index (χ3v) is 5.27. The van der Waals surface area contributed by atoms with Gasteiger partial charge in [-0.1, -0.05) is 12.1 Å². The Kier molecular flexibility index (Phi) is 5.53. The summed E-state index contributed by atoms with van der Waals surface area (Å²) in [6, 6.07) is 13.0. The van der Waals surface area contributed by atoms with Crippen LogP contribution in [0.3, 0.4) is 0 Å². The highest BCUT2D eigenvalue weighted by Gasteiger charge is 2.20. The van der Waals surface area contributed by atoms with Crippen molar-refractivity contribution in [3.05, 3.63) is 82.7 Å². The fourth-order valence-corrected chi connectivity index (χ4v) is 3.46. The van der Waals surface area contributed by atoms with Crippen LogP contribution in [0.15, 0.2) is 66.0 Å². The highest BCUT2D eigenvalue weighted by atomic mass is 16.5. The summed E-state index contributed by atoms with van der Waals surface area (Å²) in [5, 5.41) is 0. The van der Waals surface area contributed by atoms with Crippen LogP contribution < -0.4 is 10.3 Å². The maximum absolute atomic E-state index is 13.1. The summed E-state index contributed by atoms with van der Waals surface area (Å²) in [7, 11) is 3.23. The molecule has 31 heavy (non-hydrogen) atoms. The first kappa shape index (κ1) is 20.3. The molecule has 0 aliphatic heterocycles. The largest absolute Gasteiger partial charge is 0.481 e. The smallest absolute Gasteiger partial charge is 0.268 e. The first-order valence-corrected chi connectivity index (χ1v) is 9.87. The van der Waals surface area contributed by atoms with E-state index in [1.165, 1.54) is 17.9 Å². The molecule has 0 aliphatic carbocycles. The molecule has 4 rings (SSSR count). The quantitative estimate of drug-likeness (QED) is 0.482. The van der Waals surface area contributed by atoms with Gasteiger partial charge in [0.1, 0.15) is 5.56 Å². The van der Waals surface area contributed by atoms with Crippen LogP contribution in [0.2, 0.25) is 0 Å². The molecule has 0 radical (unpaired) electrons. The maximum atomic E-state index is 13.1. The number of aromatic nitrogens is 4. The number of ether oxygens (including phenoxy) is 1. The first-order valence-electron chi connectivity index (χ1n) is 9.87. The van der Waals surface area contributed by atoms with Crippen molar-refractivity contribution in [2.24, 2.45) is 0 Å². The molecule has 0 saturated carbocycles. The predicted molar refractivity (Wildman–Crippen MR) is 118 cm³/mol. The Hall–Kier alpha value is -3.94. The van der Waals surface area contributed by atoms with Crippen molar-refractivity contribution in [1.29, 1.82) is 0 Å². The molecule has 3 aromatic heterocycles. The van der Waals surface area contributed by atoms with E-state index in [1.807, 2.05) is 28.8 Å². The summed E-state index contributed by atoms with van der Waals surface area (Å²) in [4.78, 5) is 36.4. The SMILES string of the molecule is COc1ccc(-n2ccc(C)c(C(=O)N(C)CCn3cnc4ccccc43)c2=O)cn1. The van der Waals surface area contributed by atoms with Crippen LogP contribution in [-0.2, 0) is 6.54 Å². The van der Waals surface area contributed by atoms with E-state index in [1.54, 1.807) is 49.6 Å². The molecule has 0 bridgehead atoms. The zero-order valence-electron chi connectivity index (χ0n) is 17.6. The first-order chi connectivity index (χ1) is 15.0. The number of likely N-dealkylation sites (N-methyl/N-ethyl adjacent to an activating group) is 1. The number of benzene rings is 1. The van der Waals surface area contributed by atoms with Crippen molar-refractivity contribution in [2.45, 2.75) is 13.5 Å². The Bertz CT molecular complexity index is 1290. The predicted octanol–water partition coefficient (Wildman–Crippen LogP) is 2.67. The van der Waals surface area contributed by atoms with E-state index in [0.717, 1.165) is 11.0 Å². The van der Waals surface area contributed by atoms with E-state index in [0.29, 0.717) is 30.2 Å². The minimum atomic E-state index is -0.378. The number of pyridine rings is 2. The number of fused-ring (bicyclic) bond motifs is 1. The van der Waals surface area contributed by atoms with E-state index in [9.17, 15) is 9.59 Å². The van der Waals surface area contributed by atoms with Crippen LogP contribution in [0.25, 0.3) is 16.7 Å². The topological polar surface area (TPSA) is 82.2 Å². The van der Waals surface area contributed by atoms with Crippen LogP contribution in [0.1, 0.15) is 15.9 Å². The van der Waals surface area contributed by atoms with Crippen LogP contribution in [0.5, 0.6) is 5.88 Å². The van der Waals surface area contributed by atoms with Crippen LogP contribution in [0, 0.1) is 6.92 Å². The monoisotopic (exact) mass is 417 g/mol. The fraction of sp³-hybridized carbons (Fsp3) is 0.217. The van der Waals surface area contributed by atoms with Gasteiger partial charge in [0.15, 0.2) is 0 Å². The standard InChI is InChI=1S/C23H23N5O3/c1-16-10-11-28(17-8-9-20(31-3)24-14-17)23(30)21(16)22(29)26(2)12-13-27-15-25-18-6-4-5-7-19(18)27/h4-11,14-15H,12-13H2,1-3H3. The fourth-order valence-electron chi connectivity index (χ4n) is 3.46. The number of hydrogen-bond acceptors (Lipinski definition) is 5. The maximum Gasteiger partial charge on any atom is 0.268 e. The second kappa shape index (κ2) is 8.43. The van der Waals surface area contributed by atoms with Gasteiger partial charge in [-0.3, -0.25) is 14.2 Å². The molecule has 158 valence electrons. The van der Waals surface area contributed by atoms with Gasteiger partial charge < -0.3 is 14.2 Å². The van der Waals surface area contributed by atoms with Crippen LogP contribution >= 0.6 is 0 Å². The molecule has 0 atom stereocenters. The van der Waals surface area contributed by atoms with E-state index in [-0.39, 0.29) is 17.0 Å². The van der Waals surface area contributed by atoms with E-state index < -0.39 is 0 Å². The number of nitrogens with zero attached hydrogens (tertiary/aromatic N) is 5. The van der Waals surface area contributed by atoms with Gasteiger partial charge in [0, 0.05) is 32.4 Å². The molecule has 0 saturated heterocycles. The number of hydrogen-bond donors (Lipinski definition) is 0. The summed E-state index contributed by atoms with van der Waals surface area (Å²) in [6.07, 6.45) is 4.95. The number of carbonyl (C=O) groups is 1. The third kappa shape index (κ3) is 3.92. The van der Waals surface area contributed by atoms with E-state index in [2.05, 4.69) is 9.97 Å². The molecule has 0 spiro atoms. The van der Waals surface area contributed by atoms with Gasteiger partial charge in [0.05, 0.1) is 36.4 Å². The molecule has 3 heterocycles. The van der Waals surface area contributed by atoms with Crippen molar-refractivity contribution in [3.8, 4) is 11.6 Å². The van der Waals surface area contributed by atoms with Gasteiger partial charge in [-0.25, -0.2) is 9.97 Å². The molecule has 1 aromatic carbocycles. The highest BCUT2D eigenvalue weighted by molar-refractivity contribution is 5.95. The number of rotatable bonds is 6. The normalized spacial score (nSPS) is 10.9. The molecule has 8 nitrogen and oxygen atoms in total. The summed E-state index contributed by atoms with van der Waals surface area (Å²) in [6.45, 7) is 2.78. The highest BCUT2D eigenvalue weighted by Crippen LogP contribution is 2.14. The molecule has 0 N–H and O–H groups in total. The molecule has 8 heteroatoms. The molecule has 0 unspecified atom stereocenters. The molecule has 1 amide bonds. The van der Waals surface area contributed by atoms with Crippen LogP contribution in [-0.4, -0.2) is 50.6 Å². The Balaban J connectivity index is 1.57. The van der Waals surface area contributed by atoms with Crippen molar-refractivity contribution in [1.82, 2.24) is 24.0 Å². The number of imidazole rings is 1. The Morgan fingerprint density at radius 2 is 1.94 bits per heavy atom. The van der Waals surface area contributed by atoms with Gasteiger partial charge in [-0.15, -0.1) is 0 Å². The molecule has 4 aromatic rings. The van der Waals surface area contributed by atoms with Gasteiger partial charge >= 0.3 is 0 Å². The number of para-hydroxylation sites is 2. The number of aryl methyl sites for hydroxylation is 1. The average molecular weight is 417 g/mol. The lowest BCUT2D eigenvalue weighted by atomic mass is 10.1. The zero-order chi connectivity index (χ0) is 22.0.